The molecule has 0 spiro atoms. The second-order valence-corrected chi connectivity index (χ2v) is 3.88. The van der Waals surface area contributed by atoms with Crippen molar-refractivity contribution in [2.45, 2.75) is 6.29 Å². The van der Waals surface area contributed by atoms with E-state index in [1.165, 1.54) is 30.6 Å². The molecule has 0 atom stereocenters. The van der Waals surface area contributed by atoms with Crippen LogP contribution >= 0.6 is 0 Å². The molecule has 3 rings (SSSR count). The van der Waals surface area contributed by atoms with Crippen LogP contribution in [0.25, 0.3) is 11.1 Å². The Morgan fingerprint density at radius 1 is 1.21 bits per heavy atom. The highest BCUT2D eigenvalue weighted by Gasteiger charge is 2.44. The number of fused-ring (bicyclic) bond motifs is 1. The van der Waals surface area contributed by atoms with Crippen LogP contribution in [-0.4, -0.2) is 16.2 Å². The van der Waals surface area contributed by atoms with Gasteiger partial charge in [0.05, 0.1) is 18.0 Å². The van der Waals surface area contributed by atoms with Gasteiger partial charge in [0.25, 0.3) is 0 Å². The summed E-state index contributed by atoms with van der Waals surface area (Å²) < 4.78 is 35.6. The van der Waals surface area contributed by atoms with E-state index in [0.717, 1.165) is 0 Å². The maximum absolute atomic E-state index is 13.1. The van der Waals surface area contributed by atoms with Crippen LogP contribution in [0.4, 0.5) is 8.78 Å². The van der Waals surface area contributed by atoms with Crippen molar-refractivity contribution in [3.05, 3.63) is 36.2 Å². The van der Waals surface area contributed by atoms with Crippen molar-refractivity contribution in [2.24, 2.45) is 0 Å². The van der Waals surface area contributed by atoms with Gasteiger partial charge in [0, 0.05) is 11.1 Å². The van der Waals surface area contributed by atoms with E-state index in [0.29, 0.717) is 4.73 Å². The van der Waals surface area contributed by atoms with Crippen LogP contribution in [0, 0.1) is 11.3 Å². The van der Waals surface area contributed by atoms with Crippen molar-refractivity contribution in [3.8, 4) is 28.7 Å². The smallest absolute Gasteiger partial charge is 0.429 e. The predicted molar refractivity (Wildman–Crippen MR) is 58.0 cm³/mol. The first-order valence-electron chi connectivity index (χ1n) is 5.21. The van der Waals surface area contributed by atoms with E-state index in [2.05, 4.69) is 9.47 Å². The van der Waals surface area contributed by atoms with E-state index in [-0.39, 0.29) is 28.2 Å². The maximum Gasteiger partial charge on any atom is 0.586 e. The maximum atomic E-state index is 13.1. The molecule has 0 unspecified atom stereocenters. The summed E-state index contributed by atoms with van der Waals surface area (Å²) in [5.74, 6) is -0.271. The lowest BCUT2D eigenvalue weighted by atomic mass is 10.0. The molecule has 7 heteroatoms. The highest BCUT2D eigenvalue weighted by Crippen LogP contribution is 2.47. The van der Waals surface area contributed by atoms with Gasteiger partial charge >= 0.3 is 6.29 Å². The number of hydrogen-bond donors (Lipinski definition) is 1. The predicted octanol–water partition coefficient (Wildman–Crippen LogP) is 2.59. The minimum Gasteiger partial charge on any atom is -0.429 e. The number of alkyl halides is 2. The largest absolute Gasteiger partial charge is 0.586 e. The van der Waals surface area contributed by atoms with E-state index >= 15 is 0 Å². The summed E-state index contributed by atoms with van der Waals surface area (Å²) in [7, 11) is 0. The zero-order valence-electron chi connectivity index (χ0n) is 9.30. The number of rotatable bonds is 1. The van der Waals surface area contributed by atoms with E-state index in [1.54, 1.807) is 0 Å². The third-order valence-corrected chi connectivity index (χ3v) is 2.65. The van der Waals surface area contributed by atoms with Gasteiger partial charge in [-0.2, -0.15) is 9.99 Å². The Hall–Kier alpha value is -2.75. The monoisotopic (exact) mass is 264 g/mol. The fourth-order valence-electron chi connectivity index (χ4n) is 1.93. The zero-order valence-corrected chi connectivity index (χ0v) is 9.30. The van der Waals surface area contributed by atoms with Gasteiger partial charge in [-0.15, -0.1) is 8.78 Å². The van der Waals surface area contributed by atoms with Crippen LogP contribution in [0.15, 0.2) is 30.6 Å². The molecule has 5 nitrogen and oxygen atoms in total. The molecular weight excluding hydrogens is 258 g/mol. The number of nitriles is 1. The van der Waals surface area contributed by atoms with Crippen LogP contribution in [0.3, 0.4) is 0 Å². The second kappa shape index (κ2) is 3.62. The number of halogens is 2. The lowest BCUT2D eigenvalue weighted by molar-refractivity contribution is -0.286. The summed E-state index contributed by atoms with van der Waals surface area (Å²) in [5.41, 5.74) is 0.664. The minimum absolute atomic E-state index is 0.114. The third kappa shape index (κ3) is 1.74. The summed E-state index contributed by atoms with van der Waals surface area (Å²) in [6, 6.07) is 6.19. The molecule has 1 N–H and O–H groups in total. The SMILES string of the molecule is N#Cc1cn(O)cc1-c1cccc2c1OC(F)(F)O2. The Labute approximate surface area is 105 Å². The van der Waals surface area contributed by atoms with Gasteiger partial charge in [-0.1, -0.05) is 12.1 Å². The summed E-state index contributed by atoms with van der Waals surface area (Å²) in [4.78, 5) is 0. The molecule has 0 fully saturated rings. The number of hydrogen-bond acceptors (Lipinski definition) is 4. The van der Waals surface area contributed by atoms with Crippen molar-refractivity contribution in [3.63, 3.8) is 0 Å². The Morgan fingerprint density at radius 3 is 2.74 bits per heavy atom. The minimum atomic E-state index is -3.73. The molecule has 1 aliphatic heterocycles. The van der Waals surface area contributed by atoms with Crippen molar-refractivity contribution in [2.75, 3.05) is 0 Å². The lowest BCUT2D eigenvalue weighted by Crippen LogP contribution is -2.26. The highest BCUT2D eigenvalue weighted by molar-refractivity contribution is 5.78. The van der Waals surface area contributed by atoms with Gasteiger partial charge in [-0.25, -0.2) is 0 Å². The Bertz CT molecular complexity index is 703. The molecule has 2 aromatic rings. The first-order valence-corrected chi connectivity index (χ1v) is 5.21. The fourth-order valence-corrected chi connectivity index (χ4v) is 1.93. The molecule has 0 radical (unpaired) electrons. The summed E-state index contributed by atoms with van der Waals surface area (Å²) in [6.45, 7) is 0. The van der Waals surface area contributed by atoms with Crippen LogP contribution in [0.5, 0.6) is 11.5 Å². The van der Waals surface area contributed by atoms with Gasteiger partial charge < -0.3 is 14.7 Å². The second-order valence-electron chi connectivity index (χ2n) is 3.88. The quantitative estimate of drug-likeness (QED) is 0.804. The fraction of sp³-hybridized carbons (Fsp3) is 0.0833. The number of benzene rings is 1. The molecule has 0 saturated heterocycles. The summed E-state index contributed by atoms with van der Waals surface area (Å²) in [5, 5.41) is 18.3. The number of ether oxygens (including phenoxy) is 2. The lowest BCUT2D eigenvalue weighted by Gasteiger charge is -2.06. The topological polar surface area (TPSA) is 67.4 Å². The molecule has 0 bridgehead atoms. The Balaban J connectivity index is 2.19. The van der Waals surface area contributed by atoms with Gasteiger partial charge in [-0.3, -0.25) is 0 Å². The summed E-state index contributed by atoms with van der Waals surface area (Å²) in [6.07, 6.45) is -1.33. The Kier molecular flexibility index (Phi) is 2.16. The van der Waals surface area contributed by atoms with Crippen LogP contribution in [0.1, 0.15) is 5.56 Å². The van der Waals surface area contributed by atoms with Crippen LogP contribution in [-0.2, 0) is 0 Å². The molecule has 1 aromatic heterocycles. The Morgan fingerprint density at radius 2 is 2.00 bits per heavy atom. The van der Waals surface area contributed by atoms with Crippen molar-refractivity contribution >= 4 is 0 Å². The van der Waals surface area contributed by atoms with Crippen LogP contribution < -0.4 is 9.47 Å². The van der Waals surface area contributed by atoms with Gasteiger partial charge in [0.1, 0.15) is 6.07 Å². The third-order valence-electron chi connectivity index (χ3n) is 2.65. The average Bonchev–Trinajstić information content (AvgIpc) is 2.86. The molecule has 0 saturated carbocycles. The van der Waals surface area contributed by atoms with E-state index < -0.39 is 6.29 Å². The molecule has 0 aliphatic carbocycles. The van der Waals surface area contributed by atoms with Gasteiger partial charge in [0.15, 0.2) is 11.5 Å². The van der Waals surface area contributed by atoms with Gasteiger partial charge in [-0.05, 0) is 6.07 Å². The van der Waals surface area contributed by atoms with Crippen molar-refractivity contribution in [1.82, 2.24) is 4.73 Å². The normalized spacial score (nSPS) is 15.2. The molecule has 2 heterocycles. The van der Waals surface area contributed by atoms with Crippen LogP contribution in [0.2, 0.25) is 0 Å². The molecule has 1 aromatic carbocycles. The first kappa shape index (κ1) is 11.3. The average molecular weight is 264 g/mol. The highest BCUT2D eigenvalue weighted by atomic mass is 19.3. The number of aromatic nitrogens is 1. The van der Waals surface area contributed by atoms with Gasteiger partial charge in [0.2, 0.25) is 0 Å². The first-order chi connectivity index (χ1) is 9.00. The molecule has 0 amide bonds. The standard InChI is InChI=1S/C12H6F2N2O3/c13-12(14)18-10-3-1-2-8(11(10)19-12)9-6-16(17)5-7(9)4-15/h1-3,5-6,17H. The summed E-state index contributed by atoms with van der Waals surface area (Å²) >= 11 is 0. The molecule has 96 valence electrons. The van der Waals surface area contributed by atoms with Crippen molar-refractivity contribution in [1.29, 1.82) is 5.26 Å². The van der Waals surface area contributed by atoms with Crippen molar-refractivity contribution < 1.29 is 23.5 Å². The number of para-hydroxylation sites is 1. The number of nitrogens with zero attached hydrogens (tertiary/aromatic N) is 2. The van der Waals surface area contributed by atoms with E-state index in [4.69, 9.17) is 5.26 Å². The molecule has 19 heavy (non-hydrogen) atoms. The zero-order chi connectivity index (χ0) is 13.6. The molecule has 1 aliphatic rings. The molecular formula is C12H6F2N2O3. The van der Waals surface area contributed by atoms with E-state index in [1.807, 2.05) is 6.07 Å². The van der Waals surface area contributed by atoms with E-state index in [9.17, 15) is 14.0 Å².